The monoisotopic (exact) mass is 293 g/mol. The van der Waals surface area contributed by atoms with Crippen LogP contribution in [-0.4, -0.2) is 12.6 Å². The molecule has 1 atom stereocenters. The van der Waals surface area contributed by atoms with Crippen molar-refractivity contribution in [2.45, 2.75) is 13.3 Å². The Balaban J connectivity index is 2.27. The fraction of sp³-hybridized carbons (Fsp3) is 0.286. The third-order valence-electron chi connectivity index (χ3n) is 2.77. The summed E-state index contributed by atoms with van der Waals surface area (Å²) >= 11 is 7.56. The van der Waals surface area contributed by atoms with Gasteiger partial charge in [0.15, 0.2) is 0 Å². The summed E-state index contributed by atoms with van der Waals surface area (Å²) in [6, 6.07) is 7.64. The number of carbonyl (C=O) groups is 1. The van der Waals surface area contributed by atoms with Crippen LogP contribution in [0.15, 0.2) is 23.6 Å². The first-order valence-electron chi connectivity index (χ1n) is 5.87. The maximum absolute atomic E-state index is 11.6. The lowest BCUT2D eigenvalue weighted by atomic mass is 10.0. The Kier molecular flexibility index (Phi) is 4.41. The quantitative estimate of drug-likeness (QED) is 0.806. The van der Waals surface area contributed by atoms with Crippen LogP contribution in [0.1, 0.15) is 12.5 Å². The predicted molar refractivity (Wildman–Crippen MR) is 76.3 cm³/mol. The van der Waals surface area contributed by atoms with E-state index in [9.17, 15) is 4.79 Å². The molecule has 0 fully saturated rings. The molecular formula is C14H12ClNO2S. The molecule has 1 unspecified atom stereocenters. The number of nitriles is 1. The molecule has 0 saturated heterocycles. The van der Waals surface area contributed by atoms with Crippen molar-refractivity contribution in [1.29, 1.82) is 5.26 Å². The highest BCUT2D eigenvalue weighted by Gasteiger charge is 2.21. The lowest BCUT2D eigenvalue weighted by molar-refractivity contribution is -0.145. The van der Waals surface area contributed by atoms with Gasteiger partial charge >= 0.3 is 5.97 Å². The van der Waals surface area contributed by atoms with Gasteiger partial charge in [-0.2, -0.15) is 5.26 Å². The van der Waals surface area contributed by atoms with Crippen molar-refractivity contribution in [3.63, 3.8) is 0 Å². The number of hydrogen-bond donors (Lipinski definition) is 0. The Labute approximate surface area is 120 Å². The van der Waals surface area contributed by atoms with Crippen LogP contribution in [0.5, 0.6) is 0 Å². The van der Waals surface area contributed by atoms with Crippen LogP contribution in [0, 0.1) is 17.2 Å². The largest absolute Gasteiger partial charge is 0.465 e. The van der Waals surface area contributed by atoms with Gasteiger partial charge in [0, 0.05) is 16.1 Å². The van der Waals surface area contributed by atoms with E-state index in [4.69, 9.17) is 21.6 Å². The zero-order chi connectivity index (χ0) is 13.8. The molecule has 3 nitrogen and oxygen atoms in total. The molecule has 0 aliphatic rings. The highest BCUT2D eigenvalue weighted by molar-refractivity contribution is 7.17. The normalized spacial score (nSPS) is 12.1. The van der Waals surface area contributed by atoms with Gasteiger partial charge in [0.05, 0.1) is 12.7 Å². The molecule has 0 N–H and O–H groups in total. The number of benzene rings is 1. The predicted octanol–water partition coefficient (Wildman–Crippen LogP) is 3.80. The average Bonchev–Trinajstić information content (AvgIpc) is 2.78. The maximum Gasteiger partial charge on any atom is 0.323 e. The zero-order valence-corrected chi connectivity index (χ0v) is 11.9. The van der Waals surface area contributed by atoms with Gasteiger partial charge in [-0.05, 0) is 41.5 Å². The summed E-state index contributed by atoms with van der Waals surface area (Å²) in [4.78, 5) is 11.6. The summed E-state index contributed by atoms with van der Waals surface area (Å²) in [5.74, 6) is -1.23. The van der Waals surface area contributed by atoms with Crippen molar-refractivity contribution in [2.75, 3.05) is 6.61 Å². The van der Waals surface area contributed by atoms with Crippen LogP contribution in [0.3, 0.4) is 0 Å². The van der Waals surface area contributed by atoms with Crippen molar-refractivity contribution < 1.29 is 9.53 Å². The smallest absolute Gasteiger partial charge is 0.323 e. The van der Waals surface area contributed by atoms with Crippen LogP contribution >= 0.6 is 22.9 Å². The molecule has 2 rings (SSSR count). The fourth-order valence-electron chi connectivity index (χ4n) is 1.86. The number of thiophene rings is 1. The number of rotatable bonds is 4. The SMILES string of the molecule is CCOC(=O)C(C#N)Cc1csc2ccc(Cl)cc12. The van der Waals surface area contributed by atoms with Crippen LogP contribution < -0.4 is 0 Å². The van der Waals surface area contributed by atoms with Crippen LogP contribution in [-0.2, 0) is 16.0 Å². The van der Waals surface area contributed by atoms with Gasteiger partial charge in [0.25, 0.3) is 0 Å². The summed E-state index contributed by atoms with van der Waals surface area (Å²) in [5.41, 5.74) is 0.960. The number of hydrogen-bond acceptors (Lipinski definition) is 4. The molecule has 0 aliphatic heterocycles. The second kappa shape index (κ2) is 6.05. The minimum Gasteiger partial charge on any atom is -0.465 e. The van der Waals surface area contributed by atoms with Crippen molar-refractivity contribution in [3.8, 4) is 6.07 Å². The first-order valence-corrected chi connectivity index (χ1v) is 7.13. The Morgan fingerprint density at radius 3 is 3.05 bits per heavy atom. The summed E-state index contributed by atoms with van der Waals surface area (Å²) in [7, 11) is 0. The Morgan fingerprint density at radius 2 is 2.37 bits per heavy atom. The number of ether oxygens (including phenoxy) is 1. The molecule has 19 heavy (non-hydrogen) atoms. The van der Waals surface area contributed by atoms with Crippen molar-refractivity contribution in [2.24, 2.45) is 5.92 Å². The molecule has 0 radical (unpaired) electrons. The maximum atomic E-state index is 11.6. The third kappa shape index (κ3) is 3.06. The Hall–Kier alpha value is -1.57. The van der Waals surface area contributed by atoms with Gasteiger partial charge in [-0.1, -0.05) is 11.6 Å². The lowest BCUT2D eigenvalue weighted by Crippen LogP contribution is -2.18. The molecule has 0 spiro atoms. The number of nitrogens with zero attached hydrogens (tertiary/aromatic N) is 1. The second-order valence-corrected chi connectivity index (χ2v) is 5.39. The molecule has 0 aliphatic carbocycles. The minimum absolute atomic E-state index is 0.285. The van der Waals surface area contributed by atoms with Gasteiger partial charge in [-0.15, -0.1) is 11.3 Å². The number of esters is 1. The van der Waals surface area contributed by atoms with Gasteiger partial charge < -0.3 is 4.74 Å². The van der Waals surface area contributed by atoms with E-state index in [1.54, 1.807) is 18.3 Å². The van der Waals surface area contributed by atoms with E-state index in [1.165, 1.54) is 0 Å². The highest BCUT2D eigenvalue weighted by atomic mass is 35.5. The summed E-state index contributed by atoms with van der Waals surface area (Å²) < 4.78 is 5.99. The van der Waals surface area contributed by atoms with E-state index in [1.807, 2.05) is 29.6 Å². The molecule has 5 heteroatoms. The van der Waals surface area contributed by atoms with Crippen molar-refractivity contribution in [1.82, 2.24) is 0 Å². The molecule has 0 saturated carbocycles. The molecule has 2 aromatic rings. The molecule has 0 bridgehead atoms. The summed E-state index contributed by atoms with van der Waals surface area (Å²) in [5, 5.41) is 12.7. The van der Waals surface area contributed by atoms with Crippen molar-refractivity contribution in [3.05, 3.63) is 34.2 Å². The number of halogens is 1. The van der Waals surface area contributed by atoms with Crippen LogP contribution in [0.2, 0.25) is 5.02 Å². The zero-order valence-electron chi connectivity index (χ0n) is 10.4. The summed E-state index contributed by atoms with van der Waals surface area (Å²) in [6.07, 6.45) is 0.357. The summed E-state index contributed by atoms with van der Waals surface area (Å²) in [6.45, 7) is 2.01. The van der Waals surface area contributed by atoms with Crippen LogP contribution in [0.25, 0.3) is 10.1 Å². The molecule has 0 amide bonds. The first kappa shape index (κ1) is 13.9. The Bertz CT molecular complexity index is 644. The third-order valence-corrected chi connectivity index (χ3v) is 4.01. The van der Waals surface area contributed by atoms with Gasteiger partial charge in [-0.3, -0.25) is 4.79 Å². The van der Waals surface area contributed by atoms with E-state index in [-0.39, 0.29) is 6.61 Å². The van der Waals surface area contributed by atoms with Gasteiger partial charge in [0.2, 0.25) is 0 Å². The molecule has 1 aromatic heterocycles. The topological polar surface area (TPSA) is 50.1 Å². The number of carbonyl (C=O) groups excluding carboxylic acids is 1. The van der Waals surface area contributed by atoms with Gasteiger partial charge in [0.1, 0.15) is 5.92 Å². The van der Waals surface area contributed by atoms with E-state index < -0.39 is 11.9 Å². The lowest BCUT2D eigenvalue weighted by Gasteiger charge is -2.07. The molecular weight excluding hydrogens is 282 g/mol. The number of fused-ring (bicyclic) bond motifs is 1. The first-order chi connectivity index (χ1) is 9.15. The van der Waals surface area contributed by atoms with Crippen molar-refractivity contribution >= 4 is 39.0 Å². The second-order valence-electron chi connectivity index (χ2n) is 4.04. The van der Waals surface area contributed by atoms with E-state index in [0.29, 0.717) is 11.4 Å². The van der Waals surface area contributed by atoms with E-state index in [0.717, 1.165) is 15.6 Å². The highest BCUT2D eigenvalue weighted by Crippen LogP contribution is 2.30. The van der Waals surface area contributed by atoms with E-state index in [2.05, 4.69) is 0 Å². The Morgan fingerprint density at radius 1 is 1.58 bits per heavy atom. The average molecular weight is 294 g/mol. The van der Waals surface area contributed by atoms with E-state index >= 15 is 0 Å². The fourth-order valence-corrected chi connectivity index (χ4v) is 2.98. The standard InChI is InChI=1S/C14H12ClNO2S/c1-2-18-14(17)9(7-16)5-10-8-19-13-4-3-11(15)6-12(10)13/h3-4,6,8-9H,2,5H2,1H3. The van der Waals surface area contributed by atoms with Gasteiger partial charge in [-0.25, -0.2) is 0 Å². The van der Waals surface area contributed by atoms with Crippen LogP contribution in [0.4, 0.5) is 0 Å². The molecule has 1 heterocycles. The minimum atomic E-state index is -0.767. The molecule has 1 aromatic carbocycles. The molecule has 98 valence electrons.